The molecule has 2 aromatic rings. The summed E-state index contributed by atoms with van der Waals surface area (Å²) in [5, 5.41) is 3.72. The molecule has 1 aromatic carbocycles. The number of aromatic nitrogens is 2. The van der Waals surface area contributed by atoms with Crippen molar-refractivity contribution in [2.45, 2.75) is 45.8 Å². The fourth-order valence-corrected chi connectivity index (χ4v) is 3.00. The van der Waals surface area contributed by atoms with E-state index in [1.807, 2.05) is 27.0 Å². The maximum absolute atomic E-state index is 12.4. The van der Waals surface area contributed by atoms with Crippen LogP contribution in [0.3, 0.4) is 0 Å². The lowest BCUT2D eigenvalue weighted by molar-refractivity contribution is -0.123. The maximum Gasteiger partial charge on any atom is 0.229 e. The molecule has 6 heteroatoms. The first-order valence-corrected chi connectivity index (χ1v) is 9.38. The van der Waals surface area contributed by atoms with Crippen LogP contribution in [0.2, 0.25) is 0 Å². The average Bonchev–Trinajstić information content (AvgIpc) is 3.00. The summed E-state index contributed by atoms with van der Waals surface area (Å²) in [7, 11) is 0. The number of hydrogen-bond donors (Lipinski definition) is 1. The van der Waals surface area contributed by atoms with Gasteiger partial charge in [-0.15, -0.1) is 0 Å². The molecule has 1 amide bonds. The highest BCUT2D eigenvalue weighted by molar-refractivity contribution is 7.99. The summed E-state index contributed by atoms with van der Waals surface area (Å²) >= 11 is 1.45. The fourth-order valence-electron chi connectivity index (χ4n) is 2.12. The molecule has 0 saturated heterocycles. The minimum absolute atomic E-state index is 0.0461. The van der Waals surface area contributed by atoms with E-state index < -0.39 is 5.41 Å². The van der Waals surface area contributed by atoms with Crippen LogP contribution in [0.1, 0.15) is 44.5 Å². The Morgan fingerprint density at radius 2 is 1.88 bits per heavy atom. The Labute approximate surface area is 153 Å². The van der Waals surface area contributed by atoms with Crippen molar-refractivity contribution in [3.63, 3.8) is 0 Å². The molecule has 0 spiro atoms. The van der Waals surface area contributed by atoms with Gasteiger partial charge in [0.2, 0.25) is 5.91 Å². The number of imidazole rings is 1. The van der Waals surface area contributed by atoms with E-state index in [-0.39, 0.29) is 11.7 Å². The fraction of sp³-hybridized carbons (Fsp3) is 0.421. The summed E-state index contributed by atoms with van der Waals surface area (Å²) in [6.07, 6.45) is 4.72. The van der Waals surface area contributed by atoms with E-state index in [9.17, 15) is 9.59 Å². The molecule has 0 unspecified atom stereocenters. The molecule has 25 heavy (non-hydrogen) atoms. The molecule has 134 valence electrons. The summed E-state index contributed by atoms with van der Waals surface area (Å²) in [6, 6.07) is 7.03. The number of aryl methyl sites for hydroxylation is 1. The Balaban J connectivity index is 1.94. The van der Waals surface area contributed by atoms with E-state index in [1.165, 1.54) is 11.8 Å². The molecule has 0 saturated carbocycles. The number of benzene rings is 1. The molecule has 1 N–H and O–H groups in total. The number of nitrogens with one attached hydrogen (secondary N) is 1. The second-order valence-electron chi connectivity index (χ2n) is 6.90. The molecule has 0 aliphatic heterocycles. The Kier molecular flexibility index (Phi) is 6.42. The zero-order valence-electron chi connectivity index (χ0n) is 15.2. The molecule has 2 rings (SSSR count). The molecule has 0 atom stereocenters. The number of thioether (sulfide) groups is 1. The summed E-state index contributed by atoms with van der Waals surface area (Å²) in [6.45, 7) is 8.60. The lowest BCUT2D eigenvalue weighted by Crippen LogP contribution is -2.27. The highest BCUT2D eigenvalue weighted by Gasteiger charge is 2.21. The maximum atomic E-state index is 12.4. The number of amides is 1. The lowest BCUT2D eigenvalue weighted by Gasteiger charge is -2.17. The summed E-state index contributed by atoms with van der Waals surface area (Å²) in [5.74, 6) is 0.337. The highest BCUT2D eigenvalue weighted by Crippen LogP contribution is 2.20. The largest absolute Gasteiger partial charge is 0.326 e. The van der Waals surface area contributed by atoms with E-state index in [0.29, 0.717) is 17.0 Å². The van der Waals surface area contributed by atoms with Crippen LogP contribution in [0.4, 0.5) is 5.69 Å². The minimum atomic E-state index is -0.453. The van der Waals surface area contributed by atoms with Crippen LogP contribution in [0.15, 0.2) is 41.8 Å². The third kappa shape index (κ3) is 5.46. The van der Waals surface area contributed by atoms with E-state index in [4.69, 9.17) is 0 Å². The van der Waals surface area contributed by atoms with Gasteiger partial charge < -0.3 is 9.88 Å². The molecule has 0 fully saturated rings. The van der Waals surface area contributed by atoms with Crippen LogP contribution in [-0.4, -0.2) is 27.0 Å². The Morgan fingerprint density at radius 3 is 2.48 bits per heavy atom. The van der Waals surface area contributed by atoms with Gasteiger partial charge in [0.1, 0.15) is 0 Å². The Hall–Kier alpha value is -2.08. The molecular formula is C19H25N3O2S. The van der Waals surface area contributed by atoms with Crippen LogP contribution in [0, 0.1) is 5.41 Å². The quantitative estimate of drug-likeness (QED) is 0.593. The van der Waals surface area contributed by atoms with E-state index in [1.54, 1.807) is 30.5 Å². The smallest absolute Gasteiger partial charge is 0.229 e. The third-order valence-electron chi connectivity index (χ3n) is 3.62. The number of Topliss-reactive ketones (excluding diaryl/α,β-unsaturated/α-hetero) is 1. The number of ketones is 1. The van der Waals surface area contributed by atoms with Crippen molar-refractivity contribution in [2.75, 3.05) is 11.1 Å². The predicted octanol–water partition coefficient (Wildman–Crippen LogP) is 4.25. The lowest BCUT2D eigenvalue weighted by atomic mass is 9.95. The van der Waals surface area contributed by atoms with Gasteiger partial charge in [0.15, 0.2) is 10.9 Å². The summed E-state index contributed by atoms with van der Waals surface area (Å²) in [5.41, 5.74) is 0.878. The van der Waals surface area contributed by atoms with Crippen LogP contribution in [-0.2, 0) is 11.3 Å². The second-order valence-corrected chi connectivity index (χ2v) is 7.84. The number of carbonyl (C=O) groups excluding carboxylic acids is 2. The first-order valence-electron chi connectivity index (χ1n) is 8.40. The van der Waals surface area contributed by atoms with Crippen LogP contribution in [0.5, 0.6) is 0 Å². The van der Waals surface area contributed by atoms with Crippen molar-refractivity contribution >= 4 is 29.1 Å². The average molecular weight is 359 g/mol. The number of rotatable bonds is 7. The van der Waals surface area contributed by atoms with Gasteiger partial charge in [-0.2, -0.15) is 0 Å². The minimum Gasteiger partial charge on any atom is -0.326 e. The zero-order valence-corrected chi connectivity index (χ0v) is 16.0. The Bertz CT molecular complexity index is 730. The molecule has 0 aliphatic rings. The molecule has 0 aliphatic carbocycles. The molecule has 1 heterocycles. The molecule has 0 bridgehead atoms. The number of nitrogens with zero attached hydrogens (tertiary/aromatic N) is 2. The van der Waals surface area contributed by atoms with Gasteiger partial charge in [-0.05, 0) is 30.7 Å². The van der Waals surface area contributed by atoms with Crippen molar-refractivity contribution in [3.8, 4) is 0 Å². The van der Waals surface area contributed by atoms with Gasteiger partial charge in [-0.3, -0.25) is 9.59 Å². The van der Waals surface area contributed by atoms with Crippen molar-refractivity contribution in [1.29, 1.82) is 0 Å². The topological polar surface area (TPSA) is 64.0 Å². The van der Waals surface area contributed by atoms with Crippen molar-refractivity contribution in [1.82, 2.24) is 9.55 Å². The molecule has 1 aromatic heterocycles. The van der Waals surface area contributed by atoms with E-state index in [2.05, 4.69) is 21.8 Å². The van der Waals surface area contributed by atoms with Crippen molar-refractivity contribution < 1.29 is 9.59 Å². The normalized spacial score (nSPS) is 11.4. The molecule has 0 radical (unpaired) electrons. The summed E-state index contributed by atoms with van der Waals surface area (Å²) < 4.78 is 2.06. The third-order valence-corrected chi connectivity index (χ3v) is 4.62. The van der Waals surface area contributed by atoms with Gasteiger partial charge in [-0.25, -0.2) is 4.98 Å². The second kappa shape index (κ2) is 8.34. The first-order chi connectivity index (χ1) is 11.8. The predicted molar refractivity (Wildman–Crippen MR) is 102 cm³/mol. The van der Waals surface area contributed by atoms with Gasteiger partial charge >= 0.3 is 0 Å². The van der Waals surface area contributed by atoms with Crippen LogP contribution in [0.25, 0.3) is 0 Å². The van der Waals surface area contributed by atoms with Crippen LogP contribution < -0.4 is 5.32 Å². The zero-order chi connectivity index (χ0) is 18.4. The molecule has 5 nitrogen and oxygen atoms in total. The van der Waals surface area contributed by atoms with Gasteiger partial charge in [0.25, 0.3) is 0 Å². The monoisotopic (exact) mass is 359 g/mol. The SMILES string of the molecule is CCCn1ccnc1SCC(=O)c1ccc(NC(=O)C(C)(C)C)cc1. The van der Waals surface area contributed by atoms with Crippen molar-refractivity contribution in [3.05, 3.63) is 42.2 Å². The van der Waals surface area contributed by atoms with Gasteiger partial charge in [-0.1, -0.05) is 39.5 Å². The van der Waals surface area contributed by atoms with E-state index in [0.717, 1.165) is 18.1 Å². The summed E-state index contributed by atoms with van der Waals surface area (Å²) in [4.78, 5) is 28.6. The van der Waals surface area contributed by atoms with Gasteiger partial charge in [0.05, 0.1) is 5.75 Å². The first kappa shape index (κ1) is 19.2. The van der Waals surface area contributed by atoms with Crippen molar-refractivity contribution in [2.24, 2.45) is 5.41 Å². The standard InChI is InChI=1S/C19H25N3O2S/c1-5-11-22-12-10-20-18(22)25-13-16(23)14-6-8-15(9-7-14)21-17(24)19(2,3)4/h6-10,12H,5,11,13H2,1-4H3,(H,21,24). The van der Waals surface area contributed by atoms with Gasteiger partial charge in [0, 0.05) is 35.6 Å². The number of carbonyl (C=O) groups is 2. The van der Waals surface area contributed by atoms with E-state index >= 15 is 0 Å². The number of hydrogen-bond acceptors (Lipinski definition) is 4. The Morgan fingerprint density at radius 1 is 1.20 bits per heavy atom. The molecular weight excluding hydrogens is 334 g/mol. The highest BCUT2D eigenvalue weighted by atomic mass is 32.2. The van der Waals surface area contributed by atoms with Crippen LogP contribution >= 0.6 is 11.8 Å². The number of anilines is 1.